The third-order valence-electron chi connectivity index (χ3n) is 3.56. The van der Waals surface area contributed by atoms with Gasteiger partial charge in [-0.3, -0.25) is 4.98 Å². The van der Waals surface area contributed by atoms with Crippen molar-refractivity contribution in [2.45, 2.75) is 25.8 Å². The molecule has 5 heteroatoms. The molecule has 3 rings (SSSR count). The molecule has 0 bridgehead atoms. The average molecular weight is 270 g/mol. The molecule has 1 N–H and O–H groups in total. The Labute approximate surface area is 118 Å². The zero-order valence-corrected chi connectivity index (χ0v) is 11.5. The molecular weight excluding hydrogens is 252 g/mol. The van der Waals surface area contributed by atoms with Gasteiger partial charge in [0.25, 0.3) is 0 Å². The van der Waals surface area contributed by atoms with Crippen molar-refractivity contribution in [3.8, 4) is 11.1 Å². The van der Waals surface area contributed by atoms with Crippen molar-refractivity contribution in [3.05, 3.63) is 36.4 Å². The standard InChI is InChI=1S/C15H18N4O/c1-11-2-5-16-10-14(11)12-8-17-15(18-9-12)19-13-3-6-20-7-4-13/h2,5,8-10,13H,3-4,6-7H2,1H3,(H,17,18,19). The molecule has 5 nitrogen and oxygen atoms in total. The minimum Gasteiger partial charge on any atom is -0.381 e. The highest BCUT2D eigenvalue weighted by atomic mass is 16.5. The minimum atomic E-state index is 0.412. The lowest BCUT2D eigenvalue weighted by molar-refractivity contribution is 0.0903. The highest BCUT2D eigenvalue weighted by molar-refractivity contribution is 5.64. The van der Waals surface area contributed by atoms with Crippen LogP contribution in [-0.2, 0) is 4.74 Å². The van der Waals surface area contributed by atoms with Crippen LogP contribution in [0.15, 0.2) is 30.9 Å². The smallest absolute Gasteiger partial charge is 0.222 e. The van der Waals surface area contributed by atoms with Crippen LogP contribution in [0.5, 0.6) is 0 Å². The zero-order valence-electron chi connectivity index (χ0n) is 11.5. The Morgan fingerprint density at radius 1 is 1.15 bits per heavy atom. The lowest BCUT2D eigenvalue weighted by Crippen LogP contribution is -2.28. The first-order valence-electron chi connectivity index (χ1n) is 6.90. The van der Waals surface area contributed by atoms with Crippen LogP contribution in [0.2, 0.25) is 0 Å². The van der Waals surface area contributed by atoms with E-state index >= 15 is 0 Å². The maximum atomic E-state index is 5.34. The summed E-state index contributed by atoms with van der Waals surface area (Å²) in [6.07, 6.45) is 9.34. The number of anilines is 1. The lowest BCUT2D eigenvalue weighted by atomic mass is 10.1. The van der Waals surface area contributed by atoms with E-state index in [2.05, 4.69) is 27.2 Å². The predicted octanol–water partition coefficient (Wildman–Crippen LogP) is 2.44. The number of hydrogen-bond donors (Lipinski definition) is 1. The van der Waals surface area contributed by atoms with E-state index in [1.165, 1.54) is 5.56 Å². The van der Waals surface area contributed by atoms with E-state index in [9.17, 15) is 0 Å². The van der Waals surface area contributed by atoms with E-state index in [0.717, 1.165) is 37.2 Å². The van der Waals surface area contributed by atoms with Gasteiger partial charge in [0, 0.05) is 55.2 Å². The molecule has 1 saturated heterocycles. The largest absolute Gasteiger partial charge is 0.381 e. The first-order valence-corrected chi connectivity index (χ1v) is 6.90. The normalized spacial score (nSPS) is 16.1. The Balaban J connectivity index is 1.73. The number of hydrogen-bond acceptors (Lipinski definition) is 5. The highest BCUT2D eigenvalue weighted by Gasteiger charge is 2.14. The molecule has 0 spiro atoms. The second-order valence-corrected chi connectivity index (χ2v) is 5.02. The Bertz CT molecular complexity index is 564. The summed E-state index contributed by atoms with van der Waals surface area (Å²) in [5, 5.41) is 3.36. The van der Waals surface area contributed by atoms with E-state index in [1.54, 1.807) is 6.20 Å². The summed E-state index contributed by atoms with van der Waals surface area (Å²) in [5.41, 5.74) is 3.24. The number of pyridine rings is 1. The molecule has 0 unspecified atom stereocenters. The number of nitrogens with one attached hydrogen (secondary N) is 1. The molecule has 0 aliphatic carbocycles. The Morgan fingerprint density at radius 2 is 1.90 bits per heavy atom. The predicted molar refractivity (Wildman–Crippen MR) is 77.5 cm³/mol. The lowest BCUT2D eigenvalue weighted by Gasteiger charge is -2.22. The van der Waals surface area contributed by atoms with Crippen molar-refractivity contribution in [2.75, 3.05) is 18.5 Å². The Hall–Kier alpha value is -2.01. The van der Waals surface area contributed by atoms with Gasteiger partial charge >= 0.3 is 0 Å². The van der Waals surface area contributed by atoms with Crippen LogP contribution in [-0.4, -0.2) is 34.2 Å². The fourth-order valence-electron chi connectivity index (χ4n) is 2.33. The quantitative estimate of drug-likeness (QED) is 0.928. The molecule has 1 aliphatic rings. The van der Waals surface area contributed by atoms with Gasteiger partial charge in [-0.25, -0.2) is 9.97 Å². The van der Waals surface area contributed by atoms with Crippen molar-refractivity contribution in [2.24, 2.45) is 0 Å². The number of rotatable bonds is 3. The van der Waals surface area contributed by atoms with Crippen LogP contribution in [0.3, 0.4) is 0 Å². The van der Waals surface area contributed by atoms with Crippen LogP contribution in [0.25, 0.3) is 11.1 Å². The van der Waals surface area contributed by atoms with E-state index in [0.29, 0.717) is 12.0 Å². The van der Waals surface area contributed by atoms with E-state index in [4.69, 9.17) is 4.74 Å². The summed E-state index contributed by atoms with van der Waals surface area (Å²) in [6.45, 7) is 3.68. The number of nitrogens with zero attached hydrogens (tertiary/aromatic N) is 3. The molecule has 0 saturated carbocycles. The van der Waals surface area contributed by atoms with Gasteiger partial charge in [0.15, 0.2) is 0 Å². The highest BCUT2D eigenvalue weighted by Crippen LogP contribution is 2.21. The van der Waals surface area contributed by atoms with Crippen LogP contribution in [0.4, 0.5) is 5.95 Å². The van der Waals surface area contributed by atoms with Crippen LogP contribution < -0.4 is 5.32 Å². The summed E-state index contributed by atoms with van der Waals surface area (Å²) in [7, 11) is 0. The molecular formula is C15H18N4O. The average Bonchev–Trinajstić information content (AvgIpc) is 2.50. The van der Waals surface area contributed by atoms with Gasteiger partial charge in [0.1, 0.15) is 0 Å². The molecule has 104 valence electrons. The summed E-state index contributed by atoms with van der Waals surface area (Å²) in [4.78, 5) is 13.0. The van der Waals surface area contributed by atoms with Crippen LogP contribution in [0, 0.1) is 6.92 Å². The molecule has 3 heterocycles. The zero-order chi connectivity index (χ0) is 13.8. The summed E-state index contributed by atoms with van der Waals surface area (Å²) in [6, 6.07) is 2.40. The summed E-state index contributed by atoms with van der Waals surface area (Å²) >= 11 is 0. The van der Waals surface area contributed by atoms with E-state index in [1.807, 2.05) is 24.7 Å². The fraction of sp³-hybridized carbons (Fsp3) is 0.400. The number of aromatic nitrogens is 3. The Morgan fingerprint density at radius 3 is 2.60 bits per heavy atom. The van der Waals surface area contributed by atoms with Crippen LogP contribution in [0.1, 0.15) is 18.4 Å². The van der Waals surface area contributed by atoms with E-state index < -0.39 is 0 Å². The van der Waals surface area contributed by atoms with Gasteiger partial charge in [-0.1, -0.05) is 0 Å². The van der Waals surface area contributed by atoms with Gasteiger partial charge in [-0.05, 0) is 31.4 Å². The maximum Gasteiger partial charge on any atom is 0.222 e. The molecule has 20 heavy (non-hydrogen) atoms. The summed E-state index contributed by atoms with van der Waals surface area (Å²) < 4.78 is 5.34. The first-order chi connectivity index (χ1) is 9.83. The molecule has 2 aromatic heterocycles. The van der Waals surface area contributed by atoms with Gasteiger partial charge in [-0.2, -0.15) is 0 Å². The van der Waals surface area contributed by atoms with Crippen molar-refractivity contribution < 1.29 is 4.74 Å². The van der Waals surface area contributed by atoms with E-state index in [-0.39, 0.29) is 0 Å². The second kappa shape index (κ2) is 5.96. The van der Waals surface area contributed by atoms with Gasteiger partial charge in [0.2, 0.25) is 5.95 Å². The van der Waals surface area contributed by atoms with Crippen molar-refractivity contribution >= 4 is 5.95 Å². The van der Waals surface area contributed by atoms with Crippen molar-refractivity contribution in [3.63, 3.8) is 0 Å². The van der Waals surface area contributed by atoms with Crippen molar-refractivity contribution in [1.82, 2.24) is 15.0 Å². The monoisotopic (exact) mass is 270 g/mol. The molecule has 2 aromatic rings. The molecule has 0 aromatic carbocycles. The molecule has 1 aliphatic heterocycles. The van der Waals surface area contributed by atoms with Gasteiger partial charge in [0.05, 0.1) is 0 Å². The summed E-state index contributed by atoms with van der Waals surface area (Å²) in [5.74, 6) is 0.683. The molecule has 1 fully saturated rings. The van der Waals surface area contributed by atoms with Gasteiger partial charge < -0.3 is 10.1 Å². The third-order valence-corrected chi connectivity index (χ3v) is 3.56. The minimum absolute atomic E-state index is 0.412. The number of aryl methyl sites for hydroxylation is 1. The molecule has 0 atom stereocenters. The van der Waals surface area contributed by atoms with Gasteiger partial charge in [-0.15, -0.1) is 0 Å². The topological polar surface area (TPSA) is 59.9 Å². The number of ether oxygens (including phenoxy) is 1. The van der Waals surface area contributed by atoms with Crippen molar-refractivity contribution in [1.29, 1.82) is 0 Å². The molecule has 0 amide bonds. The van der Waals surface area contributed by atoms with Crippen LogP contribution >= 0.6 is 0 Å². The second-order valence-electron chi connectivity index (χ2n) is 5.02. The Kier molecular flexibility index (Phi) is 3.87. The third kappa shape index (κ3) is 2.93. The maximum absolute atomic E-state index is 5.34. The fourth-order valence-corrected chi connectivity index (χ4v) is 2.33. The molecule has 0 radical (unpaired) electrons. The first kappa shape index (κ1) is 13.0. The SMILES string of the molecule is Cc1ccncc1-c1cnc(NC2CCOCC2)nc1.